The molecule has 0 saturated heterocycles. The van der Waals surface area contributed by atoms with Gasteiger partial charge in [-0.3, -0.25) is 9.36 Å². The molecule has 0 radical (unpaired) electrons. The third-order valence-corrected chi connectivity index (χ3v) is 5.83. The second kappa shape index (κ2) is 7.00. The minimum Gasteiger partial charge on any atom is -0.319 e. The van der Waals surface area contributed by atoms with Gasteiger partial charge in [-0.15, -0.1) is 17.9 Å². The summed E-state index contributed by atoms with van der Waals surface area (Å²) in [5.74, 6) is 0. The molecule has 3 heterocycles. The van der Waals surface area contributed by atoms with E-state index in [-0.39, 0.29) is 11.6 Å². The van der Waals surface area contributed by atoms with Crippen molar-refractivity contribution in [2.45, 2.75) is 26.4 Å². The van der Waals surface area contributed by atoms with Gasteiger partial charge in [-0.2, -0.15) is 0 Å². The predicted molar refractivity (Wildman–Crippen MR) is 108 cm³/mol. The third-order valence-electron chi connectivity index (χ3n) is 4.71. The highest BCUT2D eigenvalue weighted by Crippen LogP contribution is 2.32. The Kier molecular flexibility index (Phi) is 4.53. The van der Waals surface area contributed by atoms with Crippen LogP contribution in [-0.2, 0) is 19.5 Å². The number of carbonyl (C=O) groups is 1. The maximum Gasteiger partial charge on any atom is 0.322 e. The molecule has 138 valence electrons. The van der Waals surface area contributed by atoms with Gasteiger partial charge in [-0.05, 0) is 36.6 Å². The van der Waals surface area contributed by atoms with E-state index in [4.69, 9.17) is 0 Å². The number of carbonyl (C=O) groups excluding carboxylic acids is 1. The van der Waals surface area contributed by atoms with Gasteiger partial charge in [0.1, 0.15) is 4.83 Å². The Bertz CT molecular complexity index is 1100. The predicted octanol–water partition coefficient (Wildman–Crippen LogP) is 3.54. The number of aromatic nitrogens is 2. The molecule has 2 aromatic heterocycles. The van der Waals surface area contributed by atoms with Gasteiger partial charge < -0.3 is 10.2 Å². The van der Waals surface area contributed by atoms with Crippen molar-refractivity contribution in [1.82, 2.24) is 14.5 Å². The summed E-state index contributed by atoms with van der Waals surface area (Å²) in [7, 11) is 0. The molecule has 0 atom stereocenters. The lowest BCUT2D eigenvalue weighted by Gasteiger charge is -2.27. The molecule has 1 N–H and O–H groups in total. The minimum absolute atomic E-state index is 0.0323. The summed E-state index contributed by atoms with van der Waals surface area (Å²) in [5.41, 5.74) is 2.89. The number of thiophene rings is 1. The van der Waals surface area contributed by atoms with E-state index in [1.54, 1.807) is 21.9 Å². The molecule has 2 amide bonds. The van der Waals surface area contributed by atoms with Crippen LogP contribution in [0.1, 0.15) is 16.0 Å². The van der Waals surface area contributed by atoms with E-state index in [1.165, 1.54) is 11.3 Å². The van der Waals surface area contributed by atoms with Crippen LogP contribution in [-0.4, -0.2) is 27.0 Å². The monoisotopic (exact) mass is 380 g/mol. The molecule has 0 saturated carbocycles. The molecule has 1 aliphatic heterocycles. The maximum absolute atomic E-state index is 12.7. The zero-order valence-corrected chi connectivity index (χ0v) is 15.9. The van der Waals surface area contributed by atoms with Gasteiger partial charge in [0.05, 0.1) is 18.3 Å². The summed E-state index contributed by atoms with van der Waals surface area (Å²) in [6.07, 6.45) is 3.91. The van der Waals surface area contributed by atoms with E-state index >= 15 is 0 Å². The fourth-order valence-corrected chi connectivity index (χ4v) is 4.58. The molecular weight excluding hydrogens is 360 g/mol. The van der Waals surface area contributed by atoms with Gasteiger partial charge in [-0.1, -0.05) is 18.2 Å². The summed E-state index contributed by atoms with van der Waals surface area (Å²) < 4.78 is 1.57. The molecule has 7 heteroatoms. The van der Waals surface area contributed by atoms with Crippen molar-refractivity contribution in [3.05, 3.63) is 69.6 Å². The van der Waals surface area contributed by atoms with Crippen LogP contribution in [0.4, 0.5) is 10.5 Å². The van der Waals surface area contributed by atoms with E-state index in [2.05, 4.69) is 16.9 Å². The Morgan fingerprint density at radius 3 is 3.07 bits per heavy atom. The summed E-state index contributed by atoms with van der Waals surface area (Å²) in [5, 5.41) is 3.65. The number of fused-ring (bicyclic) bond motifs is 3. The summed E-state index contributed by atoms with van der Waals surface area (Å²) in [6.45, 7) is 7.19. The largest absolute Gasteiger partial charge is 0.322 e. The highest BCUT2D eigenvalue weighted by molar-refractivity contribution is 7.18. The first kappa shape index (κ1) is 17.5. The standard InChI is InChI=1S/C20H20N4O2S/c1-3-8-24-12-21-18-17(19(24)25)15-7-9-23(11-16(15)27-18)20(26)22-14-6-4-5-13(2)10-14/h3-6,10,12H,1,7-9,11H2,2H3,(H,22,26). The van der Waals surface area contributed by atoms with Gasteiger partial charge in [0, 0.05) is 23.7 Å². The molecule has 27 heavy (non-hydrogen) atoms. The molecule has 3 aromatic rings. The average molecular weight is 380 g/mol. The molecule has 6 nitrogen and oxygen atoms in total. The van der Waals surface area contributed by atoms with Gasteiger partial charge >= 0.3 is 6.03 Å². The fourth-order valence-electron chi connectivity index (χ4n) is 3.39. The molecule has 0 unspecified atom stereocenters. The van der Waals surface area contributed by atoms with Crippen LogP contribution in [0.15, 0.2) is 48.0 Å². The third kappa shape index (κ3) is 3.26. The number of nitrogens with zero attached hydrogens (tertiary/aromatic N) is 3. The maximum atomic E-state index is 12.7. The van der Waals surface area contributed by atoms with Gasteiger partial charge in [0.15, 0.2) is 0 Å². The first-order valence-electron chi connectivity index (χ1n) is 8.80. The number of urea groups is 1. The minimum atomic E-state index is -0.124. The van der Waals surface area contributed by atoms with Crippen LogP contribution in [0.5, 0.6) is 0 Å². The van der Waals surface area contributed by atoms with Crippen molar-refractivity contribution < 1.29 is 4.79 Å². The number of aryl methyl sites for hydroxylation is 1. The second-order valence-electron chi connectivity index (χ2n) is 6.65. The van der Waals surface area contributed by atoms with Crippen molar-refractivity contribution >= 4 is 33.3 Å². The fraction of sp³-hybridized carbons (Fsp3) is 0.250. The lowest BCUT2D eigenvalue weighted by atomic mass is 10.1. The van der Waals surface area contributed by atoms with Crippen LogP contribution in [0, 0.1) is 6.92 Å². The molecule has 1 aliphatic rings. The number of rotatable bonds is 3. The number of hydrogen-bond acceptors (Lipinski definition) is 4. The van der Waals surface area contributed by atoms with Crippen molar-refractivity contribution in [2.75, 3.05) is 11.9 Å². The smallest absolute Gasteiger partial charge is 0.319 e. The quantitative estimate of drug-likeness (QED) is 0.707. The Labute approximate surface area is 160 Å². The van der Waals surface area contributed by atoms with E-state index in [1.807, 2.05) is 31.2 Å². The number of hydrogen-bond donors (Lipinski definition) is 1. The van der Waals surface area contributed by atoms with E-state index in [0.717, 1.165) is 26.5 Å². The summed E-state index contributed by atoms with van der Waals surface area (Å²) >= 11 is 1.50. The Balaban J connectivity index is 1.60. The van der Waals surface area contributed by atoms with Crippen molar-refractivity contribution in [1.29, 1.82) is 0 Å². The normalized spacial score (nSPS) is 13.4. The first-order valence-corrected chi connectivity index (χ1v) is 9.61. The summed E-state index contributed by atoms with van der Waals surface area (Å²) in [4.78, 5) is 33.4. The number of nitrogens with one attached hydrogen (secondary N) is 1. The van der Waals surface area contributed by atoms with Crippen LogP contribution in [0.2, 0.25) is 0 Å². The number of anilines is 1. The van der Waals surface area contributed by atoms with Gasteiger partial charge in [-0.25, -0.2) is 9.78 Å². The summed E-state index contributed by atoms with van der Waals surface area (Å²) in [6, 6.07) is 7.61. The topological polar surface area (TPSA) is 67.2 Å². The van der Waals surface area contributed by atoms with Crippen LogP contribution in [0.25, 0.3) is 10.2 Å². The lowest BCUT2D eigenvalue weighted by molar-refractivity contribution is 0.207. The second-order valence-corrected chi connectivity index (χ2v) is 7.73. The highest BCUT2D eigenvalue weighted by atomic mass is 32.1. The molecule has 0 spiro atoms. The van der Waals surface area contributed by atoms with Crippen LogP contribution >= 0.6 is 11.3 Å². The van der Waals surface area contributed by atoms with Crippen molar-refractivity contribution in [3.8, 4) is 0 Å². The number of benzene rings is 1. The SMILES string of the molecule is C=CCn1cnc2sc3c(c2c1=O)CCN(C(=O)Nc1cccc(C)c1)C3. The first-order chi connectivity index (χ1) is 13.1. The van der Waals surface area contributed by atoms with Gasteiger partial charge in [0.2, 0.25) is 0 Å². The Morgan fingerprint density at radius 1 is 1.44 bits per heavy atom. The van der Waals surface area contributed by atoms with Crippen LogP contribution < -0.4 is 10.9 Å². The van der Waals surface area contributed by atoms with Gasteiger partial charge in [0.25, 0.3) is 5.56 Å². The Hall–Kier alpha value is -2.93. The molecule has 0 aliphatic carbocycles. The zero-order valence-electron chi connectivity index (χ0n) is 15.1. The molecule has 4 rings (SSSR count). The van der Waals surface area contributed by atoms with E-state index in [0.29, 0.717) is 31.4 Å². The average Bonchev–Trinajstić information content (AvgIpc) is 3.02. The molecular formula is C20H20N4O2S. The van der Waals surface area contributed by atoms with E-state index in [9.17, 15) is 9.59 Å². The van der Waals surface area contributed by atoms with Crippen molar-refractivity contribution in [2.24, 2.45) is 0 Å². The van der Waals surface area contributed by atoms with Crippen molar-refractivity contribution in [3.63, 3.8) is 0 Å². The highest BCUT2D eigenvalue weighted by Gasteiger charge is 2.26. The molecule has 1 aromatic carbocycles. The van der Waals surface area contributed by atoms with Crippen LogP contribution in [0.3, 0.4) is 0 Å². The molecule has 0 fully saturated rings. The number of allylic oxidation sites excluding steroid dienone is 1. The molecule has 0 bridgehead atoms. The number of amides is 2. The zero-order chi connectivity index (χ0) is 19.0. The lowest BCUT2D eigenvalue weighted by Crippen LogP contribution is -2.38. The van der Waals surface area contributed by atoms with E-state index < -0.39 is 0 Å². The Morgan fingerprint density at radius 2 is 2.30 bits per heavy atom.